The highest BCUT2D eigenvalue weighted by Gasteiger charge is 2.12. The van der Waals surface area contributed by atoms with Gasteiger partial charge < -0.3 is 4.98 Å². The third-order valence-electron chi connectivity index (χ3n) is 3.12. The maximum atomic E-state index is 13.5. The molecule has 0 radical (unpaired) electrons. The monoisotopic (exact) mass is 310 g/mol. The molecule has 0 aliphatic heterocycles. The van der Waals surface area contributed by atoms with Crippen molar-refractivity contribution in [1.29, 1.82) is 0 Å². The number of carbonyl (C=O) groups excluding carboxylic acids is 1. The van der Waals surface area contributed by atoms with E-state index in [1.807, 2.05) is 0 Å². The van der Waals surface area contributed by atoms with E-state index in [-0.39, 0.29) is 17.1 Å². The molecule has 0 amide bonds. The van der Waals surface area contributed by atoms with Gasteiger partial charge in [0, 0.05) is 0 Å². The van der Waals surface area contributed by atoms with Gasteiger partial charge >= 0.3 is 0 Å². The van der Waals surface area contributed by atoms with Crippen LogP contribution in [0.5, 0.6) is 0 Å². The third kappa shape index (κ3) is 2.98. The summed E-state index contributed by atoms with van der Waals surface area (Å²) in [4.78, 5) is 30.1. The molecule has 23 heavy (non-hydrogen) atoms. The Bertz CT molecular complexity index is 965. The Morgan fingerprint density at radius 1 is 1.17 bits per heavy atom. The number of para-hydroxylation sites is 3. The van der Waals surface area contributed by atoms with E-state index in [4.69, 9.17) is 0 Å². The van der Waals surface area contributed by atoms with Crippen molar-refractivity contribution in [3.8, 4) is 0 Å². The smallest absolute Gasteiger partial charge is 0.276 e. The van der Waals surface area contributed by atoms with Crippen molar-refractivity contribution in [3.05, 3.63) is 70.4 Å². The van der Waals surface area contributed by atoms with E-state index in [0.29, 0.717) is 17.3 Å². The van der Waals surface area contributed by atoms with E-state index >= 15 is 0 Å². The Labute approximate surface area is 129 Å². The van der Waals surface area contributed by atoms with Gasteiger partial charge in [-0.1, -0.05) is 24.3 Å². The fraction of sp³-hybridized carbons (Fsp3) is 0. The number of carbonyl (C=O) groups is 1. The topological polar surface area (TPSA) is 87.2 Å². The molecule has 0 aliphatic carbocycles. The minimum atomic E-state index is -0.551. The van der Waals surface area contributed by atoms with Gasteiger partial charge in [0.25, 0.3) is 5.56 Å². The van der Waals surface area contributed by atoms with Gasteiger partial charge in [-0.2, -0.15) is 5.10 Å². The number of nitrogens with zero attached hydrogens (tertiary/aromatic N) is 2. The highest BCUT2D eigenvalue weighted by Crippen LogP contribution is 2.12. The maximum absolute atomic E-state index is 13.5. The first-order chi connectivity index (χ1) is 11.2. The molecule has 0 unspecified atom stereocenters. The van der Waals surface area contributed by atoms with Crippen LogP contribution in [-0.4, -0.2) is 22.0 Å². The number of hydrogen-bond acceptors (Lipinski definition) is 5. The summed E-state index contributed by atoms with van der Waals surface area (Å²) >= 11 is 0. The number of fused-ring (bicyclic) bond motifs is 1. The van der Waals surface area contributed by atoms with Crippen molar-refractivity contribution in [2.45, 2.75) is 0 Å². The molecule has 0 aliphatic rings. The van der Waals surface area contributed by atoms with Crippen LogP contribution < -0.4 is 11.0 Å². The van der Waals surface area contributed by atoms with Crippen molar-refractivity contribution in [3.63, 3.8) is 0 Å². The predicted molar refractivity (Wildman–Crippen MR) is 85.0 cm³/mol. The van der Waals surface area contributed by atoms with Crippen LogP contribution in [0, 0.1) is 5.82 Å². The molecule has 6 nitrogen and oxygen atoms in total. The zero-order valence-corrected chi connectivity index (χ0v) is 11.8. The van der Waals surface area contributed by atoms with Crippen LogP contribution in [0.1, 0.15) is 5.69 Å². The average Bonchev–Trinajstić information content (AvgIpc) is 2.57. The van der Waals surface area contributed by atoms with E-state index < -0.39 is 11.4 Å². The Kier molecular flexibility index (Phi) is 3.92. The molecule has 2 N–H and O–H groups in total. The summed E-state index contributed by atoms with van der Waals surface area (Å²) in [6.07, 6.45) is 0.389. The molecule has 0 bridgehead atoms. The van der Waals surface area contributed by atoms with Crippen LogP contribution >= 0.6 is 0 Å². The second-order valence-corrected chi connectivity index (χ2v) is 4.64. The van der Waals surface area contributed by atoms with Crippen LogP contribution in [0.4, 0.5) is 10.1 Å². The largest absolute Gasteiger partial charge is 0.319 e. The number of hydrazone groups is 1. The molecule has 2 aromatic carbocycles. The number of aldehydes is 1. The molecule has 0 atom stereocenters. The molecule has 1 aromatic heterocycles. The molecule has 7 heteroatoms. The first kappa shape index (κ1) is 14.6. The van der Waals surface area contributed by atoms with E-state index in [0.717, 1.165) is 0 Å². The standard InChI is InChI=1S/C16H11FN4O2/c17-10-5-1-2-6-11(10)20-21-14(9-22)15-16(23)19-13-8-4-3-7-12(13)18-15/h1-9,20H,(H,19,23). The van der Waals surface area contributed by atoms with Crippen LogP contribution in [-0.2, 0) is 4.79 Å². The number of benzene rings is 2. The minimum Gasteiger partial charge on any atom is -0.319 e. The predicted octanol–water partition coefficient (Wildman–Crippen LogP) is 2.08. The molecule has 3 aromatic rings. The lowest BCUT2D eigenvalue weighted by Crippen LogP contribution is -2.22. The van der Waals surface area contributed by atoms with Crippen molar-refractivity contribution >= 4 is 28.7 Å². The number of aromatic amines is 1. The van der Waals surface area contributed by atoms with Gasteiger partial charge in [0.2, 0.25) is 0 Å². The molecule has 0 saturated heterocycles. The average molecular weight is 310 g/mol. The van der Waals surface area contributed by atoms with Crippen LogP contribution in [0.25, 0.3) is 11.0 Å². The Hall–Kier alpha value is -3.35. The van der Waals surface area contributed by atoms with Gasteiger partial charge in [0.15, 0.2) is 17.7 Å². The van der Waals surface area contributed by atoms with E-state index in [1.54, 1.807) is 30.3 Å². The minimum absolute atomic E-state index is 0.0871. The first-order valence-corrected chi connectivity index (χ1v) is 6.72. The van der Waals surface area contributed by atoms with Crippen LogP contribution in [0.3, 0.4) is 0 Å². The highest BCUT2D eigenvalue weighted by molar-refractivity contribution is 6.35. The SMILES string of the molecule is O=CC(=NNc1ccccc1F)c1nc2ccccc2[nH]c1=O. The summed E-state index contributed by atoms with van der Waals surface area (Å²) in [6, 6.07) is 12.8. The van der Waals surface area contributed by atoms with Crippen molar-refractivity contribution in [2.75, 3.05) is 5.43 Å². The van der Waals surface area contributed by atoms with Crippen molar-refractivity contribution < 1.29 is 9.18 Å². The van der Waals surface area contributed by atoms with Gasteiger partial charge in [0.05, 0.1) is 16.7 Å². The van der Waals surface area contributed by atoms with E-state index in [9.17, 15) is 14.0 Å². The third-order valence-corrected chi connectivity index (χ3v) is 3.12. The highest BCUT2D eigenvalue weighted by atomic mass is 19.1. The second-order valence-electron chi connectivity index (χ2n) is 4.64. The number of nitrogens with one attached hydrogen (secondary N) is 2. The Balaban J connectivity index is 2.02. The molecular weight excluding hydrogens is 299 g/mol. The fourth-order valence-corrected chi connectivity index (χ4v) is 2.01. The second kappa shape index (κ2) is 6.18. The summed E-state index contributed by atoms with van der Waals surface area (Å²) in [7, 11) is 0. The number of hydrogen-bond donors (Lipinski definition) is 2. The summed E-state index contributed by atoms with van der Waals surface area (Å²) < 4.78 is 13.5. The lowest BCUT2D eigenvalue weighted by molar-refractivity contribution is -0.102. The van der Waals surface area contributed by atoms with Gasteiger partial charge in [-0.25, -0.2) is 9.37 Å². The number of anilines is 1. The number of H-pyrrole nitrogens is 1. The maximum Gasteiger partial charge on any atom is 0.276 e. The molecule has 0 spiro atoms. The molecule has 3 rings (SSSR count). The van der Waals surface area contributed by atoms with Crippen LogP contribution in [0.2, 0.25) is 0 Å². The quantitative estimate of drug-likeness (QED) is 0.439. The van der Waals surface area contributed by atoms with E-state index in [1.165, 1.54) is 18.2 Å². The normalized spacial score (nSPS) is 11.4. The summed E-state index contributed by atoms with van der Waals surface area (Å²) in [5.41, 5.74) is 2.67. The van der Waals surface area contributed by atoms with Crippen molar-refractivity contribution in [1.82, 2.24) is 9.97 Å². The van der Waals surface area contributed by atoms with Gasteiger partial charge in [-0.05, 0) is 24.3 Å². The molecule has 0 fully saturated rings. The lowest BCUT2D eigenvalue weighted by Gasteiger charge is -2.04. The summed E-state index contributed by atoms with van der Waals surface area (Å²) in [5, 5.41) is 3.79. The number of halogens is 1. The molecular formula is C16H11FN4O2. The zero-order chi connectivity index (χ0) is 16.2. The Morgan fingerprint density at radius 2 is 1.91 bits per heavy atom. The van der Waals surface area contributed by atoms with Gasteiger partial charge in [-0.3, -0.25) is 15.0 Å². The first-order valence-electron chi connectivity index (χ1n) is 6.72. The number of rotatable bonds is 4. The van der Waals surface area contributed by atoms with Gasteiger partial charge in [0.1, 0.15) is 5.82 Å². The molecule has 0 saturated carbocycles. The molecule has 114 valence electrons. The zero-order valence-electron chi connectivity index (χ0n) is 11.8. The van der Waals surface area contributed by atoms with Crippen LogP contribution in [0.15, 0.2) is 58.4 Å². The number of aromatic nitrogens is 2. The summed E-state index contributed by atoms with van der Waals surface area (Å²) in [5.74, 6) is -0.526. The van der Waals surface area contributed by atoms with Gasteiger partial charge in [-0.15, -0.1) is 0 Å². The van der Waals surface area contributed by atoms with E-state index in [2.05, 4.69) is 20.5 Å². The Morgan fingerprint density at radius 3 is 2.70 bits per heavy atom. The molecule has 1 heterocycles. The summed E-state index contributed by atoms with van der Waals surface area (Å²) in [6.45, 7) is 0. The fourth-order valence-electron chi connectivity index (χ4n) is 2.01. The van der Waals surface area contributed by atoms with Crippen molar-refractivity contribution in [2.24, 2.45) is 5.10 Å². The lowest BCUT2D eigenvalue weighted by atomic mass is 10.2.